The first kappa shape index (κ1) is 30.4. The van der Waals surface area contributed by atoms with Crippen molar-refractivity contribution in [3.8, 4) is 6.07 Å². The van der Waals surface area contributed by atoms with E-state index in [1.54, 1.807) is 16.5 Å². The molecule has 3 heterocycles. The summed E-state index contributed by atoms with van der Waals surface area (Å²) in [5.41, 5.74) is 1.25. The van der Waals surface area contributed by atoms with Crippen LogP contribution in [-0.2, 0) is 11.8 Å². The first-order valence-corrected chi connectivity index (χ1v) is 15.7. The lowest BCUT2D eigenvalue weighted by molar-refractivity contribution is -0.122. The van der Waals surface area contributed by atoms with E-state index in [9.17, 15) is 14.9 Å². The molecule has 2 saturated heterocycles. The van der Waals surface area contributed by atoms with Crippen molar-refractivity contribution >= 4 is 46.1 Å². The van der Waals surface area contributed by atoms with E-state index in [4.69, 9.17) is 12.2 Å². The lowest BCUT2D eigenvalue weighted by Crippen LogP contribution is -2.38. The summed E-state index contributed by atoms with van der Waals surface area (Å²) in [4.78, 5) is 30.9. The minimum absolute atomic E-state index is 0.0686. The second-order valence-electron chi connectivity index (χ2n) is 10.9. The van der Waals surface area contributed by atoms with Gasteiger partial charge < -0.3 is 4.90 Å². The maximum absolute atomic E-state index is 13.4. The van der Waals surface area contributed by atoms with Gasteiger partial charge in [0.25, 0.3) is 11.5 Å². The van der Waals surface area contributed by atoms with E-state index in [-0.39, 0.29) is 17.0 Å². The minimum atomic E-state index is -0.288. The van der Waals surface area contributed by atoms with Gasteiger partial charge in [0, 0.05) is 32.2 Å². The number of nitrogens with zero attached hydrogens (tertiary/aromatic N) is 4. The Kier molecular flexibility index (Phi) is 11.9. The number of anilines is 1. The topological polar surface area (TPSA) is 69.3 Å². The molecule has 3 rings (SSSR count). The standard InChI is InChI=1S/C30H44N4O2S2/c1-5-6-7-8-9-10-11-12-13-14-17-34-29(36)26(38-30(34)37)20-24-23(3)25(21-31)28(35)32(4)27(24)33-18-15-22(2)16-19-33/h20,22H,5-19H2,1-4H3/b26-20-. The summed E-state index contributed by atoms with van der Waals surface area (Å²) in [5.74, 6) is 1.37. The number of carbonyl (C=O) groups excluding carboxylic acids is 1. The molecule has 0 N–H and O–H groups in total. The minimum Gasteiger partial charge on any atom is -0.357 e. The van der Waals surface area contributed by atoms with Crippen LogP contribution in [0.1, 0.15) is 108 Å². The van der Waals surface area contributed by atoms with Crippen molar-refractivity contribution in [1.82, 2.24) is 9.47 Å². The highest BCUT2D eigenvalue weighted by molar-refractivity contribution is 8.26. The van der Waals surface area contributed by atoms with Gasteiger partial charge >= 0.3 is 0 Å². The molecule has 1 amide bonds. The number of pyridine rings is 1. The first-order valence-electron chi connectivity index (χ1n) is 14.4. The normalized spacial score (nSPS) is 17.6. The van der Waals surface area contributed by atoms with Gasteiger partial charge in [-0.1, -0.05) is 95.6 Å². The average Bonchev–Trinajstić information content (AvgIpc) is 3.17. The molecule has 0 unspecified atom stereocenters. The Bertz CT molecular complexity index is 1130. The number of amides is 1. The molecular formula is C30H44N4O2S2. The Morgan fingerprint density at radius 2 is 1.61 bits per heavy atom. The predicted molar refractivity (Wildman–Crippen MR) is 163 cm³/mol. The van der Waals surface area contributed by atoms with Gasteiger partial charge in [0.15, 0.2) is 0 Å². The molecule has 6 nitrogen and oxygen atoms in total. The number of nitriles is 1. The third-order valence-electron chi connectivity index (χ3n) is 7.94. The maximum Gasteiger partial charge on any atom is 0.270 e. The molecule has 1 aromatic heterocycles. The van der Waals surface area contributed by atoms with Crippen molar-refractivity contribution < 1.29 is 4.79 Å². The fourth-order valence-corrected chi connectivity index (χ4v) is 6.69. The molecule has 8 heteroatoms. The van der Waals surface area contributed by atoms with E-state index in [1.807, 2.05) is 13.0 Å². The molecule has 38 heavy (non-hydrogen) atoms. The Hall–Kier alpha value is -2.11. The zero-order valence-electron chi connectivity index (χ0n) is 23.7. The van der Waals surface area contributed by atoms with Gasteiger partial charge in [0.2, 0.25) is 0 Å². The van der Waals surface area contributed by atoms with Crippen LogP contribution < -0.4 is 10.5 Å². The highest BCUT2D eigenvalue weighted by Crippen LogP contribution is 2.36. The van der Waals surface area contributed by atoms with Crippen LogP contribution >= 0.6 is 24.0 Å². The van der Waals surface area contributed by atoms with Crippen LogP contribution in [0.3, 0.4) is 0 Å². The van der Waals surface area contributed by atoms with Crippen LogP contribution in [0.2, 0.25) is 0 Å². The Morgan fingerprint density at radius 1 is 1.03 bits per heavy atom. The quantitative estimate of drug-likeness (QED) is 0.149. The molecule has 1 aromatic rings. The van der Waals surface area contributed by atoms with Gasteiger partial charge in [-0.25, -0.2) is 0 Å². The van der Waals surface area contributed by atoms with Crippen molar-refractivity contribution in [3.05, 3.63) is 31.9 Å². The number of carbonyl (C=O) groups is 1. The molecule has 2 fully saturated rings. The van der Waals surface area contributed by atoms with E-state index in [0.29, 0.717) is 27.3 Å². The largest absolute Gasteiger partial charge is 0.357 e. The Labute approximate surface area is 238 Å². The van der Waals surface area contributed by atoms with E-state index in [2.05, 4.69) is 24.8 Å². The van der Waals surface area contributed by atoms with E-state index in [1.165, 1.54) is 63.1 Å². The highest BCUT2D eigenvalue weighted by atomic mass is 32.2. The number of hydrogen-bond donors (Lipinski definition) is 0. The summed E-state index contributed by atoms with van der Waals surface area (Å²) < 4.78 is 2.17. The highest BCUT2D eigenvalue weighted by Gasteiger charge is 2.33. The Morgan fingerprint density at radius 3 is 2.18 bits per heavy atom. The Balaban J connectivity index is 1.69. The third kappa shape index (κ3) is 7.51. The number of hydrogen-bond acceptors (Lipinski definition) is 6. The second-order valence-corrected chi connectivity index (χ2v) is 12.6. The lowest BCUT2D eigenvalue weighted by Gasteiger charge is -2.34. The number of unbranched alkanes of at least 4 members (excludes halogenated alkanes) is 9. The van der Waals surface area contributed by atoms with Crippen molar-refractivity contribution in [2.75, 3.05) is 24.5 Å². The number of aromatic nitrogens is 1. The summed E-state index contributed by atoms with van der Waals surface area (Å²) >= 11 is 6.92. The fourth-order valence-electron chi connectivity index (χ4n) is 5.40. The van der Waals surface area contributed by atoms with Crippen molar-refractivity contribution in [2.24, 2.45) is 13.0 Å². The smallest absolute Gasteiger partial charge is 0.270 e. The van der Waals surface area contributed by atoms with Crippen molar-refractivity contribution in [2.45, 2.75) is 97.8 Å². The molecule has 0 bridgehead atoms. The van der Waals surface area contributed by atoms with Crippen LogP contribution in [0.4, 0.5) is 5.82 Å². The predicted octanol–water partition coefficient (Wildman–Crippen LogP) is 6.92. The van der Waals surface area contributed by atoms with Crippen molar-refractivity contribution in [3.63, 3.8) is 0 Å². The monoisotopic (exact) mass is 556 g/mol. The van der Waals surface area contributed by atoms with Gasteiger partial charge in [0.1, 0.15) is 21.8 Å². The van der Waals surface area contributed by atoms with Gasteiger partial charge in [-0.2, -0.15) is 5.26 Å². The summed E-state index contributed by atoms with van der Waals surface area (Å²) in [6.45, 7) is 8.65. The summed E-state index contributed by atoms with van der Waals surface area (Å²) in [6, 6.07) is 2.09. The molecule has 0 saturated carbocycles. The maximum atomic E-state index is 13.4. The summed E-state index contributed by atoms with van der Waals surface area (Å²) in [6.07, 6.45) is 16.4. The average molecular weight is 557 g/mol. The van der Waals surface area contributed by atoms with E-state index in [0.717, 1.165) is 50.2 Å². The zero-order chi connectivity index (χ0) is 27.7. The van der Waals surface area contributed by atoms with Gasteiger partial charge in [-0.05, 0) is 43.7 Å². The van der Waals surface area contributed by atoms with Crippen LogP contribution in [0.15, 0.2) is 9.70 Å². The molecular weight excluding hydrogens is 512 g/mol. The molecule has 208 valence electrons. The third-order valence-corrected chi connectivity index (χ3v) is 9.31. The fraction of sp³-hybridized carbons (Fsp3) is 0.667. The van der Waals surface area contributed by atoms with E-state index < -0.39 is 0 Å². The zero-order valence-corrected chi connectivity index (χ0v) is 25.3. The molecule has 0 spiro atoms. The van der Waals surface area contributed by atoms with Crippen molar-refractivity contribution in [1.29, 1.82) is 5.26 Å². The molecule has 2 aliphatic rings. The number of piperidine rings is 1. The van der Waals surface area contributed by atoms with Crippen LogP contribution in [0, 0.1) is 24.2 Å². The van der Waals surface area contributed by atoms with Crippen LogP contribution in [0.25, 0.3) is 6.08 Å². The number of thiocarbonyl (C=S) groups is 1. The summed E-state index contributed by atoms with van der Waals surface area (Å²) in [7, 11) is 1.73. The molecule has 2 aliphatic heterocycles. The second kappa shape index (κ2) is 14.9. The molecule has 0 radical (unpaired) electrons. The number of rotatable bonds is 13. The van der Waals surface area contributed by atoms with Gasteiger partial charge in [-0.3, -0.25) is 19.1 Å². The van der Waals surface area contributed by atoms with Crippen LogP contribution in [-0.4, -0.2) is 39.3 Å². The SMILES string of the molecule is CCCCCCCCCCCCN1C(=O)/C(=C/c2c(C)c(C#N)c(=O)n(C)c2N2CCC(C)CC2)SC1=S. The number of thioether (sulfide) groups is 1. The molecule has 0 atom stereocenters. The van der Waals surface area contributed by atoms with Gasteiger partial charge in [-0.15, -0.1) is 0 Å². The van der Waals surface area contributed by atoms with E-state index >= 15 is 0 Å². The first-order chi connectivity index (χ1) is 18.3. The molecule has 0 aliphatic carbocycles. The van der Waals surface area contributed by atoms with Gasteiger partial charge in [0.05, 0.1) is 4.91 Å². The van der Waals surface area contributed by atoms with Crippen LogP contribution in [0.5, 0.6) is 0 Å². The molecule has 0 aromatic carbocycles. The summed E-state index contributed by atoms with van der Waals surface area (Å²) in [5, 5.41) is 9.71. The lowest BCUT2D eigenvalue weighted by atomic mass is 9.97.